The number of para-hydroxylation sites is 1. The Hall–Kier alpha value is -1.28. The Balaban J connectivity index is 1.96. The zero-order valence-corrected chi connectivity index (χ0v) is 11.8. The molecule has 2 aromatic rings. The van der Waals surface area contributed by atoms with E-state index in [0.717, 1.165) is 24.3 Å². The van der Waals surface area contributed by atoms with Gasteiger partial charge in [0.2, 0.25) is 0 Å². The van der Waals surface area contributed by atoms with Gasteiger partial charge < -0.3 is 9.73 Å². The lowest BCUT2D eigenvalue weighted by atomic mass is 10.0. The van der Waals surface area contributed by atoms with Gasteiger partial charge in [0.05, 0.1) is 0 Å². The Kier molecular flexibility index (Phi) is 3.76. The fourth-order valence-corrected chi connectivity index (χ4v) is 2.03. The molecule has 0 bridgehead atoms. The molecule has 0 aliphatic heterocycles. The highest BCUT2D eigenvalue weighted by molar-refractivity contribution is 5.77. The van der Waals surface area contributed by atoms with Crippen molar-refractivity contribution >= 4 is 11.0 Å². The highest BCUT2D eigenvalue weighted by atomic mass is 16.3. The van der Waals surface area contributed by atoms with Crippen LogP contribution in [-0.4, -0.2) is 12.1 Å². The van der Waals surface area contributed by atoms with Crippen molar-refractivity contribution < 1.29 is 4.42 Å². The molecule has 0 fully saturated rings. The van der Waals surface area contributed by atoms with Crippen molar-refractivity contribution in [1.29, 1.82) is 0 Å². The molecule has 0 radical (unpaired) electrons. The van der Waals surface area contributed by atoms with E-state index in [-0.39, 0.29) is 5.54 Å². The van der Waals surface area contributed by atoms with Crippen LogP contribution in [0.4, 0.5) is 0 Å². The van der Waals surface area contributed by atoms with Gasteiger partial charge in [-0.25, -0.2) is 0 Å². The first-order valence-corrected chi connectivity index (χ1v) is 6.66. The third kappa shape index (κ3) is 3.61. The number of hydrogen-bond donors (Lipinski definition) is 1. The third-order valence-corrected chi connectivity index (χ3v) is 3.01. The molecule has 2 nitrogen and oxygen atoms in total. The number of furan rings is 1. The fourth-order valence-electron chi connectivity index (χ4n) is 2.03. The van der Waals surface area contributed by atoms with E-state index >= 15 is 0 Å². The van der Waals surface area contributed by atoms with E-state index in [4.69, 9.17) is 4.42 Å². The standard InChI is InChI=1S/C16H23NO/c1-12(11-17-16(2,3)4)9-14-10-13-7-5-6-8-15(13)18-14/h5-8,10,12,17H,9,11H2,1-4H3. The Labute approximate surface area is 109 Å². The van der Waals surface area contributed by atoms with E-state index in [1.165, 1.54) is 5.39 Å². The van der Waals surface area contributed by atoms with E-state index in [9.17, 15) is 0 Å². The first kappa shape index (κ1) is 13.2. The second kappa shape index (κ2) is 5.15. The Morgan fingerprint density at radius 1 is 1.22 bits per heavy atom. The van der Waals surface area contributed by atoms with Crippen LogP contribution >= 0.6 is 0 Å². The summed E-state index contributed by atoms with van der Waals surface area (Å²) in [5.41, 5.74) is 1.17. The summed E-state index contributed by atoms with van der Waals surface area (Å²) in [6.07, 6.45) is 0.984. The molecular formula is C16H23NO. The molecule has 2 rings (SSSR count). The topological polar surface area (TPSA) is 25.2 Å². The van der Waals surface area contributed by atoms with Gasteiger partial charge in [0.15, 0.2) is 0 Å². The van der Waals surface area contributed by atoms with Crippen molar-refractivity contribution in [2.75, 3.05) is 6.54 Å². The Morgan fingerprint density at radius 3 is 2.61 bits per heavy atom. The maximum atomic E-state index is 5.84. The molecule has 18 heavy (non-hydrogen) atoms. The number of hydrogen-bond acceptors (Lipinski definition) is 2. The number of nitrogens with one attached hydrogen (secondary N) is 1. The van der Waals surface area contributed by atoms with Crippen LogP contribution < -0.4 is 5.32 Å². The molecule has 98 valence electrons. The van der Waals surface area contributed by atoms with Gasteiger partial charge in [-0.2, -0.15) is 0 Å². The van der Waals surface area contributed by atoms with E-state index in [1.807, 2.05) is 18.2 Å². The lowest BCUT2D eigenvalue weighted by Crippen LogP contribution is -2.38. The summed E-state index contributed by atoms with van der Waals surface area (Å²) in [5.74, 6) is 1.66. The van der Waals surface area contributed by atoms with Gasteiger partial charge in [-0.3, -0.25) is 0 Å². The number of benzene rings is 1. The molecule has 1 aromatic heterocycles. The van der Waals surface area contributed by atoms with Crippen LogP contribution in [0.2, 0.25) is 0 Å². The van der Waals surface area contributed by atoms with Crippen molar-refractivity contribution in [3.8, 4) is 0 Å². The first-order valence-electron chi connectivity index (χ1n) is 6.66. The number of fused-ring (bicyclic) bond motifs is 1. The normalized spacial score (nSPS) is 14.0. The zero-order valence-electron chi connectivity index (χ0n) is 11.8. The summed E-state index contributed by atoms with van der Waals surface area (Å²) in [6.45, 7) is 9.86. The van der Waals surface area contributed by atoms with Gasteiger partial charge in [0.1, 0.15) is 11.3 Å². The summed E-state index contributed by atoms with van der Waals surface area (Å²) in [5, 5.41) is 4.73. The highest BCUT2D eigenvalue weighted by Gasteiger charge is 2.13. The quantitative estimate of drug-likeness (QED) is 0.880. The monoisotopic (exact) mass is 245 g/mol. The van der Waals surface area contributed by atoms with Crippen LogP contribution in [0.15, 0.2) is 34.7 Å². The molecule has 1 N–H and O–H groups in total. The molecule has 0 aliphatic rings. The SMILES string of the molecule is CC(CNC(C)(C)C)Cc1cc2ccccc2o1. The van der Waals surface area contributed by atoms with Crippen LogP contribution in [0.25, 0.3) is 11.0 Å². The van der Waals surface area contributed by atoms with Crippen molar-refractivity contribution in [3.63, 3.8) is 0 Å². The highest BCUT2D eigenvalue weighted by Crippen LogP contribution is 2.21. The second-order valence-corrected chi connectivity index (χ2v) is 6.19. The fraction of sp³-hybridized carbons (Fsp3) is 0.500. The van der Waals surface area contributed by atoms with Gasteiger partial charge >= 0.3 is 0 Å². The maximum absolute atomic E-state index is 5.84. The largest absolute Gasteiger partial charge is 0.461 e. The van der Waals surface area contributed by atoms with Crippen LogP contribution in [0.3, 0.4) is 0 Å². The molecule has 1 aromatic carbocycles. The minimum Gasteiger partial charge on any atom is -0.461 e. The molecule has 0 aliphatic carbocycles. The first-order chi connectivity index (χ1) is 8.44. The van der Waals surface area contributed by atoms with Gasteiger partial charge in [0.25, 0.3) is 0 Å². The summed E-state index contributed by atoms with van der Waals surface area (Å²) in [6, 6.07) is 10.3. The molecule has 1 atom stereocenters. The van der Waals surface area contributed by atoms with Gasteiger partial charge in [-0.1, -0.05) is 25.1 Å². The maximum Gasteiger partial charge on any atom is 0.134 e. The average Bonchev–Trinajstić information content (AvgIpc) is 2.67. The van der Waals surface area contributed by atoms with Crippen molar-refractivity contribution in [2.45, 2.75) is 39.7 Å². The van der Waals surface area contributed by atoms with E-state index in [1.54, 1.807) is 0 Å². The lowest BCUT2D eigenvalue weighted by molar-refractivity contribution is 0.370. The van der Waals surface area contributed by atoms with Gasteiger partial charge in [-0.15, -0.1) is 0 Å². The Bertz CT molecular complexity index is 474. The van der Waals surface area contributed by atoms with Gasteiger partial charge in [-0.05, 0) is 45.4 Å². The molecule has 2 heteroatoms. The van der Waals surface area contributed by atoms with Crippen molar-refractivity contribution in [2.24, 2.45) is 5.92 Å². The summed E-state index contributed by atoms with van der Waals surface area (Å²) in [7, 11) is 0. The molecule has 0 amide bonds. The third-order valence-electron chi connectivity index (χ3n) is 3.01. The summed E-state index contributed by atoms with van der Waals surface area (Å²) < 4.78 is 5.84. The van der Waals surface area contributed by atoms with Crippen LogP contribution in [0, 0.1) is 5.92 Å². The van der Waals surface area contributed by atoms with Crippen LogP contribution in [0.1, 0.15) is 33.5 Å². The van der Waals surface area contributed by atoms with Crippen LogP contribution in [0.5, 0.6) is 0 Å². The van der Waals surface area contributed by atoms with E-state index < -0.39 is 0 Å². The minimum atomic E-state index is 0.183. The molecule has 0 spiro atoms. The van der Waals surface area contributed by atoms with Crippen LogP contribution in [-0.2, 0) is 6.42 Å². The lowest BCUT2D eigenvalue weighted by Gasteiger charge is -2.23. The van der Waals surface area contributed by atoms with Crippen molar-refractivity contribution in [1.82, 2.24) is 5.32 Å². The van der Waals surface area contributed by atoms with E-state index in [0.29, 0.717) is 5.92 Å². The number of rotatable bonds is 4. The smallest absolute Gasteiger partial charge is 0.134 e. The molecule has 0 saturated heterocycles. The van der Waals surface area contributed by atoms with Gasteiger partial charge in [0, 0.05) is 17.3 Å². The predicted molar refractivity (Wildman–Crippen MR) is 76.8 cm³/mol. The minimum absolute atomic E-state index is 0.183. The molecular weight excluding hydrogens is 222 g/mol. The van der Waals surface area contributed by atoms with E-state index in [2.05, 4.69) is 45.1 Å². The average molecular weight is 245 g/mol. The molecule has 1 heterocycles. The van der Waals surface area contributed by atoms with Crippen molar-refractivity contribution in [3.05, 3.63) is 36.1 Å². The summed E-state index contributed by atoms with van der Waals surface area (Å²) in [4.78, 5) is 0. The molecule has 0 saturated carbocycles. The molecule has 1 unspecified atom stereocenters. The zero-order chi connectivity index (χ0) is 13.2. The Morgan fingerprint density at radius 2 is 1.94 bits per heavy atom. The second-order valence-electron chi connectivity index (χ2n) is 6.19. The summed E-state index contributed by atoms with van der Waals surface area (Å²) >= 11 is 0. The predicted octanol–water partition coefficient (Wildman–Crippen LogP) is 4.00.